The topological polar surface area (TPSA) is 0 Å². The predicted molar refractivity (Wildman–Crippen MR) is 158 cm³/mol. The molecule has 180 valence electrons. The zero-order valence-electron chi connectivity index (χ0n) is 20.9. The van der Waals surface area contributed by atoms with Crippen LogP contribution in [0.25, 0.3) is 32.3 Å². The monoisotopic (exact) mass is 566 g/mol. The van der Waals surface area contributed by atoms with Crippen molar-refractivity contribution < 1.29 is 23.3 Å². The summed E-state index contributed by atoms with van der Waals surface area (Å²) < 4.78 is 0. The van der Waals surface area contributed by atoms with Gasteiger partial charge in [0.15, 0.2) is 0 Å². The number of fused-ring (bicyclic) bond motifs is 4. The van der Waals surface area contributed by atoms with E-state index in [4.69, 9.17) is 0 Å². The molecule has 7 aromatic rings. The second-order valence-electron chi connectivity index (χ2n) is 8.08. The molecule has 0 bridgehead atoms. The molecule has 0 saturated carbocycles. The van der Waals surface area contributed by atoms with E-state index < -0.39 is 0 Å². The summed E-state index contributed by atoms with van der Waals surface area (Å²) in [6.07, 6.45) is 0. The van der Waals surface area contributed by atoms with Crippen LogP contribution in [-0.2, 0) is 23.3 Å². The van der Waals surface area contributed by atoms with E-state index >= 15 is 0 Å². The number of hydrogen-bond acceptors (Lipinski definition) is 0. The van der Waals surface area contributed by atoms with Gasteiger partial charge in [-0.15, -0.1) is 74.8 Å². The van der Waals surface area contributed by atoms with Gasteiger partial charge in [0.1, 0.15) is 0 Å². The van der Waals surface area contributed by atoms with E-state index in [-0.39, 0.29) is 0 Å². The van der Waals surface area contributed by atoms with Crippen LogP contribution in [0.5, 0.6) is 0 Å². The fourth-order valence-corrected chi connectivity index (χ4v) is 3.89. The van der Waals surface area contributed by atoms with Crippen LogP contribution in [0, 0.1) is 19.1 Å². The molecule has 0 heterocycles. The largest absolute Gasteiger partial charge is 0.184 e. The first-order valence-electron chi connectivity index (χ1n) is 12.0. The minimum atomic E-state index is 1.34. The fourth-order valence-electron chi connectivity index (χ4n) is 3.89. The van der Waals surface area contributed by atoms with Crippen LogP contribution < -0.4 is 0 Å². The molecule has 0 fully saturated rings. The molecule has 37 heavy (non-hydrogen) atoms. The summed E-state index contributed by atoms with van der Waals surface area (Å²) in [6, 6.07) is 57.0. The molecule has 0 aromatic heterocycles. The van der Waals surface area contributed by atoms with Crippen LogP contribution in [0.1, 0.15) is 5.56 Å². The molecule has 0 spiro atoms. The Bertz CT molecular complexity index is 1430. The van der Waals surface area contributed by atoms with Crippen molar-refractivity contribution in [2.75, 3.05) is 0 Å². The number of benzene rings is 5. The number of aryl methyl sites for hydroxylation is 1. The van der Waals surface area contributed by atoms with Crippen molar-refractivity contribution >= 4 is 39.2 Å². The van der Waals surface area contributed by atoms with Gasteiger partial charge in [-0.3, -0.25) is 0 Å². The summed E-state index contributed by atoms with van der Waals surface area (Å²) in [5, 5.41) is 8.12. The maximum atomic E-state index is 3.06. The smallest absolute Gasteiger partial charge is 0.0771 e. The molecular weight excluding hydrogens is 540 g/mol. The first kappa shape index (κ1) is 28.3. The Morgan fingerprint density at radius 1 is 0.514 bits per heavy atom. The third-order valence-electron chi connectivity index (χ3n) is 5.64. The zero-order chi connectivity index (χ0) is 26.1. The van der Waals surface area contributed by atoms with Gasteiger partial charge in [0, 0.05) is 0 Å². The van der Waals surface area contributed by atoms with Crippen LogP contribution in [0.4, 0.5) is 0 Å². The Kier molecular flexibility index (Phi) is 12.5. The van der Waals surface area contributed by atoms with E-state index in [1.54, 1.807) is 0 Å². The second kappa shape index (κ2) is 16.4. The van der Waals surface area contributed by atoms with Gasteiger partial charge in [-0.05, 0) is 0 Å². The van der Waals surface area contributed by atoms with Gasteiger partial charge in [0.25, 0.3) is 0 Å². The fraction of sp³-hybridized carbons (Fsp3) is 0.0286. The summed E-state index contributed by atoms with van der Waals surface area (Å²) >= 11 is 1.36. The number of hydrogen-bond donors (Lipinski definition) is 0. The third kappa shape index (κ3) is 8.93. The van der Waals surface area contributed by atoms with Gasteiger partial charge in [0.05, 0.1) is 0 Å². The summed E-state index contributed by atoms with van der Waals surface area (Å²) in [6.45, 7) is 5.20. The van der Waals surface area contributed by atoms with E-state index in [2.05, 4.69) is 117 Å². The van der Waals surface area contributed by atoms with Crippen LogP contribution in [-0.4, -0.2) is 6.88 Å². The molecule has 0 aliphatic carbocycles. The molecule has 0 atom stereocenters. The van der Waals surface area contributed by atoms with Crippen LogP contribution >= 0.6 is 0 Å². The molecule has 0 amide bonds. The number of rotatable bonds is 0. The van der Waals surface area contributed by atoms with E-state index in [0.29, 0.717) is 0 Å². The maximum absolute atomic E-state index is 3.06. The summed E-state index contributed by atoms with van der Waals surface area (Å²) in [7, 11) is 0. The van der Waals surface area contributed by atoms with Crippen molar-refractivity contribution in [3.63, 3.8) is 0 Å². The Labute approximate surface area is 237 Å². The summed E-state index contributed by atoms with van der Waals surface area (Å²) in [5.41, 5.74) is 1.37. The Balaban J connectivity index is 0.000000141. The average Bonchev–Trinajstić information content (AvgIpc) is 3.57. The van der Waals surface area contributed by atoms with Gasteiger partial charge in [-0.2, -0.15) is 84.4 Å². The van der Waals surface area contributed by atoms with Crippen LogP contribution in [0.2, 0.25) is 0 Å². The molecule has 0 unspecified atom stereocenters. The first-order chi connectivity index (χ1) is 18.3. The van der Waals surface area contributed by atoms with E-state index in [0.717, 1.165) is 0 Å². The molecule has 0 aliphatic heterocycles. The van der Waals surface area contributed by atoms with Crippen molar-refractivity contribution in [3.05, 3.63) is 169 Å². The molecular formula is C35H28SiZr-4. The molecule has 7 aromatic carbocycles. The second-order valence-corrected chi connectivity index (χ2v) is 8.08. The van der Waals surface area contributed by atoms with Gasteiger partial charge in [0.2, 0.25) is 0 Å². The summed E-state index contributed by atoms with van der Waals surface area (Å²) in [4.78, 5) is 0. The normalized spacial score (nSPS) is 9.41. The zero-order valence-corrected chi connectivity index (χ0v) is 24.4. The molecule has 0 aliphatic rings. The van der Waals surface area contributed by atoms with Crippen molar-refractivity contribution in [1.29, 1.82) is 0 Å². The maximum Gasteiger partial charge on any atom is -0.0771 e. The average molecular weight is 568 g/mol. The Hall–Kier alpha value is -3.32. The van der Waals surface area contributed by atoms with Crippen molar-refractivity contribution in [2.24, 2.45) is 0 Å². The van der Waals surface area contributed by atoms with Gasteiger partial charge in [-0.1, -0.05) is 49.4 Å². The van der Waals surface area contributed by atoms with Crippen molar-refractivity contribution in [2.45, 2.75) is 6.92 Å². The first-order valence-corrected chi connectivity index (χ1v) is 16.2. The minimum Gasteiger partial charge on any atom is -0.184 e. The molecule has 0 N–H and O–H groups in total. The molecule has 0 saturated heterocycles. The van der Waals surface area contributed by atoms with Crippen molar-refractivity contribution in [3.8, 4) is 0 Å². The SMILES string of the molecule is Cc1c[cH-]c2ccccc12.[Si]=[Zr].[c-]1ccccc1.[c-]1ccccc1.c1ccc2c(c1)[cH-]c1ccccc12. The van der Waals surface area contributed by atoms with Crippen molar-refractivity contribution in [1.82, 2.24) is 0 Å². The third-order valence-corrected chi connectivity index (χ3v) is 5.64. The summed E-state index contributed by atoms with van der Waals surface area (Å²) in [5.74, 6) is 0. The molecule has 7 rings (SSSR count). The van der Waals surface area contributed by atoms with Gasteiger partial charge in [-0.25, -0.2) is 0 Å². The van der Waals surface area contributed by atoms with Crippen LogP contribution in [0.3, 0.4) is 0 Å². The van der Waals surface area contributed by atoms with Crippen LogP contribution in [0.15, 0.2) is 152 Å². The molecule has 2 radical (unpaired) electrons. The Morgan fingerprint density at radius 3 is 1.30 bits per heavy atom. The molecule has 0 nitrogen and oxygen atoms in total. The van der Waals surface area contributed by atoms with E-state index in [9.17, 15) is 0 Å². The standard InChI is InChI=1S/C13H9.C10H9.2C6H5.Si.Zr/c1-3-7-12-10(5-1)9-11-6-2-4-8-13(11)12;1-8-6-7-9-4-2-3-5-10(8)9;2*1-2-4-6-5-3-1;;/h1-9H;2-7H,1H3;2*1-5H;;/q4*-1;;. The van der Waals surface area contributed by atoms with Gasteiger partial charge >= 0.3 is 30.2 Å². The minimum absolute atomic E-state index is 1.34. The quantitative estimate of drug-likeness (QED) is 0.127. The molecule has 2 heteroatoms. The van der Waals surface area contributed by atoms with E-state index in [1.165, 1.54) is 61.2 Å². The predicted octanol–water partition coefficient (Wildman–Crippen LogP) is 9.17. The Morgan fingerprint density at radius 2 is 0.919 bits per heavy atom. The van der Waals surface area contributed by atoms with Gasteiger partial charge < -0.3 is 0 Å². The van der Waals surface area contributed by atoms with E-state index in [1.807, 2.05) is 60.7 Å².